The maximum atomic E-state index is 6.07. The minimum absolute atomic E-state index is 0.223. The zero-order chi connectivity index (χ0) is 14.8. The molecule has 0 saturated carbocycles. The fourth-order valence-electron chi connectivity index (χ4n) is 3.12. The monoisotopic (exact) mass is 293 g/mol. The Balaban J connectivity index is 1.69. The number of rotatable bonds is 3. The summed E-state index contributed by atoms with van der Waals surface area (Å²) in [7, 11) is 0. The Hall–Kier alpha value is -1.30. The third-order valence-electron chi connectivity index (χ3n) is 3.94. The molecule has 1 saturated heterocycles. The van der Waals surface area contributed by atoms with Gasteiger partial charge in [-0.1, -0.05) is 0 Å². The van der Waals surface area contributed by atoms with Crippen molar-refractivity contribution in [2.45, 2.75) is 58.2 Å². The third kappa shape index (κ3) is 3.48. The molecule has 116 valence electrons. The summed E-state index contributed by atoms with van der Waals surface area (Å²) in [5, 5.41) is 0. The second-order valence-electron chi connectivity index (χ2n) is 5.94. The summed E-state index contributed by atoms with van der Waals surface area (Å²) >= 11 is 0. The van der Waals surface area contributed by atoms with Gasteiger partial charge in [0.1, 0.15) is 5.75 Å². The molecule has 0 amide bonds. The number of nitrogen functional groups attached to an aromatic ring is 1. The van der Waals surface area contributed by atoms with E-state index in [1.807, 2.05) is 12.1 Å². The summed E-state index contributed by atoms with van der Waals surface area (Å²) in [6, 6.07) is 3.83. The molecule has 2 atom stereocenters. The van der Waals surface area contributed by atoms with Crippen LogP contribution in [0.25, 0.3) is 0 Å². The van der Waals surface area contributed by atoms with Gasteiger partial charge in [0.05, 0.1) is 31.5 Å². The van der Waals surface area contributed by atoms with Crippen molar-refractivity contribution in [3.05, 3.63) is 23.3 Å². The van der Waals surface area contributed by atoms with E-state index in [1.54, 1.807) is 0 Å². The summed E-state index contributed by atoms with van der Waals surface area (Å²) in [4.78, 5) is 0. The Kier molecular flexibility index (Phi) is 4.33. The number of anilines is 1. The first-order valence-corrected chi connectivity index (χ1v) is 7.50. The van der Waals surface area contributed by atoms with E-state index in [9.17, 15) is 0 Å². The molecule has 1 aromatic carbocycles. The predicted molar refractivity (Wildman–Crippen MR) is 79.0 cm³/mol. The van der Waals surface area contributed by atoms with Gasteiger partial charge in [0.25, 0.3) is 0 Å². The molecule has 5 nitrogen and oxygen atoms in total. The summed E-state index contributed by atoms with van der Waals surface area (Å²) in [5.74, 6) is 0.864. The van der Waals surface area contributed by atoms with Gasteiger partial charge in [0.2, 0.25) is 0 Å². The van der Waals surface area contributed by atoms with Gasteiger partial charge in [-0.25, -0.2) is 0 Å². The van der Waals surface area contributed by atoms with E-state index in [1.165, 1.54) is 0 Å². The van der Waals surface area contributed by atoms with Gasteiger partial charge in [-0.15, -0.1) is 0 Å². The number of hydrogen-bond donors (Lipinski definition) is 1. The molecule has 3 rings (SSSR count). The van der Waals surface area contributed by atoms with Crippen LogP contribution < -0.4 is 10.5 Å². The van der Waals surface area contributed by atoms with E-state index in [0.29, 0.717) is 13.2 Å². The molecule has 1 fully saturated rings. The van der Waals surface area contributed by atoms with Crippen molar-refractivity contribution in [3.63, 3.8) is 0 Å². The lowest BCUT2D eigenvalue weighted by molar-refractivity contribution is -0.106. The molecule has 0 spiro atoms. The second kappa shape index (κ2) is 6.22. The highest BCUT2D eigenvalue weighted by Crippen LogP contribution is 2.32. The Labute approximate surface area is 125 Å². The van der Waals surface area contributed by atoms with E-state index >= 15 is 0 Å². The van der Waals surface area contributed by atoms with E-state index in [2.05, 4.69) is 13.8 Å². The normalized spacial score (nSPS) is 28.8. The van der Waals surface area contributed by atoms with Crippen molar-refractivity contribution in [2.24, 2.45) is 0 Å². The molecular weight excluding hydrogens is 270 g/mol. The van der Waals surface area contributed by atoms with Crippen molar-refractivity contribution < 1.29 is 18.9 Å². The van der Waals surface area contributed by atoms with Crippen LogP contribution in [0.1, 0.15) is 37.8 Å². The topological polar surface area (TPSA) is 62.9 Å². The first kappa shape index (κ1) is 14.6. The standard InChI is InChI=1S/C16H23NO4/c1-10-3-15(4-11(2)21-10)19-8-13-6-14(17)5-12-7-18-9-20-16(12)13/h5-6,10-11,15H,3-4,7-9,17H2,1-2H3. The number of hydrogen-bond acceptors (Lipinski definition) is 5. The maximum Gasteiger partial charge on any atom is 0.189 e. The Bertz CT molecular complexity index is 495. The molecule has 2 aliphatic heterocycles. The van der Waals surface area contributed by atoms with Crippen molar-refractivity contribution >= 4 is 5.69 Å². The summed E-state index contributed by atoms with van der Waals surface area (Å²) < 4.78 is 22.7. The minimum Gasteiger partial charge on any atom is -0.467 e. The number of benzene rings is 1. The van der Waals surface area contributed by atoms with Crippen LogP contribution in [0.3, 0.4) is 0 Å². The van der Waals surface area contributed by atoms with Crippen LogP contribution in [0.15, 0.2) is 12.1 Å². The average Bonchev–Trinajstić information content (AvgIpc) is 2.43. The lowest BCUT2D eigenvalue weighted by Gasteiger charge is -2.32. The van der Waals surface area contributed by atoms with E-state index in [4.69, 9.17) is 24.7 Å². The molecule has 2 N–H and O–H groups in total. The zero-order valence-electron chi connectivity index (χ0n) is 12.6. The smallest absolute Gasteiger partial charge is 0.189 e. The lowest BCUT2D eigenvalue weighted by atomic mass is 10.0. The molecule has 2 heterocycles. The third-order valence-corrected chi connectivity index (χ3v) is 3.94. The van der Waals surface area contributed by atoms with Crippen LogP contribution in [-0.4, -0.2) is 25.1 Å². The van der Waals surface area contributed by atoms with E-state index in [0.717, 1.165) is 35.4 Å². The van der Waals surface area contributed by atoms with Gasteiger partial charge in [0.15, 0.2) is 6.79 Å². The summed E-state index contributed by atoms with van der Waals surface area (Å²) in [6.07, 6.45) is 2.58. The molecule has 21 heavy (non-hydrogen) atoms. The van der Waals surface area contributed by atoms with Gasteiger partial charge in [-0.2, -0.15) is 0 Å². The maximum absolute atomic E-state index is 6.07. The highest BCUT2D eigenvalue weighted by atomic mass is 16.7. The van der Waals surface area contributed by atoms with Crippen molar-refractivity contribution in [1.29, 1.82) is 0 Å². The molecule has 0 radical (unpaired) electrons. The average molecular weight is 293 g/mol. The van der Waals surface area contributed by atoms with Gasteiger partial charge >= 0.3 is 0 Å². The number of nitrogens with two attached hydrogens (primary N) is 1. The molecular formula is C16H23NO4. The quantitative estimate of drug-likeness (QED) is 0.868. The van der Waals surface area contributed by atoms with Crippen LogP contribution in [0.2, 0.25) is 0 Å². The Morgan fingerprint density at radius 2 is 2.00 bits per heavy atom. The highest BCUT2D eigenvalue weighted by molar-refractivity contribution is 5.53. The van der Waals surface area contributed by atoms with Crippen LogP contribution >= 0.6 is 0 Å². The Morgan fingerprint density at radius 3 is 2.76 bits per heavy atom. The fourth-order valence-corrected chi connectivity index (χ4v) is 3.12. The zero-order valence-corrected chi connectivity index (χ0v) is 12.6. The van der Waals surface area contributed by atoms with Crippen molar-refractivity contribution in [3.8, 4) is 5.75 Å². The van der Waals surface area contributed by atoms with Gasteiger partial charge in [0, 0.05) is 16.8 Å². The minimum atomic E-state index is 0.223. The van der Waals surface area contributed by atoms with Crippen molar-refractivity contribution in [2.75, 3.05) is 12.5 Å². The highest BCUT2D eigenvalue weighted by Gasteiger charge is 2.25. The van der Waals surface area contributed by atoms with E-state index in [-0.39, 0.29) is 25.1 Å². The Morgan fingerprint density at radius 1 is 1.24 bits per heavy atom. The largest absolute Gasteiger partial charge is 0.467 e. The van der Waals surface area contributed by atoms with Crippen LogP contribution in [0.5, 0.6) is 5.75 Å². The fraction of sp³-hybridized carbons (Fsp3) is 0.625. The van der Waals surface area contributed by atoms with Gasteiger partial charge in [-0.05, 0) is 38.8 Å². The lowest BCUT2D eigenvalue weighted by Crippen LogP contribution is -2.34. The number of ether oxygens (including phenoxy) is 4. The number of fused-ring (bicyclic) bond motifs is 1. The van der Waals surface area contributed by atoms with Crippen molar-refractivity contribution in [1.82, 2.24) is 0 Å². The SMILES string of the molecule is CC1CC(OCc2cc(N)cc3c2OCOC3)CC(C)O1. The van der Waals surface area contributed by atoms with E-state index < -0.39 is 0 Å². The molecule has 0 aromatic heterocycles. The molecule has 2 aliphatic rings. The molecule has 0 bridgehead atoms. The first-order chi connectivity index (χ1) is 10.1. The van der Waals surface area contributed by atoms with Crippen LogP contribution in [0, 0.1) is 0 Å². The van der Waals surface area contributed by atoms with Gasteiger partial charge < -0.3 is 24.7 Å². The van der Waals surface area contributed by atoms with Crippen LogP contribution in [-0.2, 0) is 27.4 Å². The predicted octanol–water partition coefficient (Wildman–Crippen LogP) is 2.61. The molecule has 1 aromatic rings. The van der Waals surface area contributed by atoms with Gasteiger partial charge in [-0.3, -0.25) is 0 Å². The summed E-state index contributed by atoms with van der Waals surface area (Å²) in [6.45, 7) is 5.52. The molecule has 5 heteroatoms. The second-order valence-corrected chi connectivity index (χ2v) is 5.94. The summed E-state index contributed by atoms with van der Waals surface area (Å²) in [5.41, 5.74) is 8.66. The van der Waals surface area contributed by atoms with Crippen LogP contribution in [0.4, 0.5) is 5.69 Å². The molecule has 2 unspecified atom stereocenters. The first-order valence-electron chi connectivity index (χ1n) is 7.50. The molecule has 0 aliphatic carbocycles.